The van der Waals surface area contributed by atoms with E-state index < -0.39 is 0 Å². The molecule has 1 heterocycles. The van der Waals surface area contributed by atoms with E-state index in [1.54, 1.807) is 14.2 Å². The Morgan fingerprint density at radius 2 is 2.14 bits per heavy atom. The summed E-state index contributed by atoms with van der Waals surface area (Å²) in [5.41, 5.74) is 2.10. The van der Waals surface area contributed by atoms with Gasteiger partial charge in [-0.3, -0.25) is 0 Å². The maximum atomic E-state index is 5.42. The maximum absolute atomic E-state index is 5.42. The molecule has 1 aliphatic carbocycles. The second-order valence-electron chi connectivity index (χ2n) is 6.61. The first kappa shape index (κ1) is 19.9. The Morgan fingerprint density at radius 1 is 1.29 bits per heavy atom. The van der Waals surface area contributed by atoms with Gasteiger partial charge >= 0.3 is 0 Å². The highest BCUT2D eigenvalue weighted by Crippen LogP contribution is 2.29. The van der Waals surface area contributed by atoms with Crippen molar-refractivity contribution in [1.82, 2.24) is 14.9 Å². The number of thiocarbonyl (C=S) groups is 1. The Hall–Kier alpha value is -2.80. The van der Waals surface area contributed by atoms with E-state index in [1.807, 2.05) is 36.9 Å². The highest BCUT2D eigenvalue weighted by Gasteiger charge is 2.10. The third-order valence-electron chi connectivity index (χ3n) is 4.63. The molecule has 0 saturated carbocycles. The van der Waals surface area contributed by atoms with Crippen molar-refractivity contribution in [3.05, 3.63) is 60.7 Å². The second-order valence-corrected chi connectivity index (χ2v) is 7.01. The molecule has 0 spiro atoms. The number of imidazole rings is 1. The summed E-state index contributed by atoms with van der Waals surface area (Å²) in [6.45, 7) is 1.67. The number of aromatic nitrogens is 2. The minimum Gasteiger partial charge on any atom is -0.493 e. The number of hydrogen-bond donors (Lipinski definition) is 2. The monoisotopic (exact) mass is 398 g/mol. The van der Waals surface area contributed by atoms with E-state index in [9.17, 15) is 0 Å². The van der Waals surface area contributed by atoms with Gasteiger partial charge in [-0.1, -0.05) is 18.2 Å². The molecular weight excluding hydrogens is 372 g/mol. The van der Waals surface area contributed by atoms with Crippen LogP contribution in [0.15, 0.2) is 60.7 Å². The lowest BCUT2D eigenvalue weighted by Crippen LogP contribution is -2.30. The van der Waals surface area contributed by atoms with Gasteiger partial charge in [-0.15, -0.1) is 0 Å². The van der Waals surface area contributed by atoms with Gasteiger partial charge in [-0.2, -0.15) is 0 Å². The summed E-state index contributed by atoms with van der Waals surface area (Å²) >= 11 is 5.42. The molecule has 1 unspecified atom stereocenters. The van der Waals surface area contributed by atoms with Crippen molar-refractivity contribution < 1.29 is 9.47 Å². The largest absolute Gasteiger partial charge is 0.493 e. The number of nitrogens with one attached hydrogen (secondary N) is 2. The predicted octanol–water partition coefficient (Wildman–Crippen LogP) is 3.78. The standard InChI is InChI=1S/C21H26N4O2S/c1-26-19-7-6-18(13-20(19)27-2)24-21(28)23-14-17-5-3-4-16(12-17)8-10-25-11-9-22-15-25/h3,5-7,9,11-13,15-16H,4,8,10,14H2,1-2H3,(H2,23,24,28). The van der Waals surface area contributed by atoms with Crippen LogP contribution >= 0.6 is 12.2 Å². The van der Waals surface area contributed by atoms with Gasteiger partial charge in [-0.05, 0) is 48.7 Å². The van der Waals surface area contributed by atoms with E-state index >= 15 is 0 Å². The van der Waals surface area contributed by atoms with Crippen molar-refractivity contribution >= 4 is 23.0 Å². The van der Waals surface area contributed by atoms with Crippen LogP contribution in [0, 0.1) is 5.92 Å². The van der Waals surface area contributed by atoms with Crippen molar-refractivity contribution in [2.75, 3.05) is 26.1 Å². The van der Waals surface area contributed by atoms with Crippen molar-refractivity contribution in [1.29, 1.82) is 0 Å². The molecule has 2 N–H and O–H groups in total. The molecule has 7 heteroatoms. The number of allylic oxidation sites excluding steroid dienone is 2. The smallest absolute Gasteiger partial charge is 0.171 e. The number of nitrogens with zero attached hydrogens (tertiary/aromatic N) is 2. The molecule has 28 heavy (non-hydrogen) atoms. The van der Waals surface area contributed by atoms with Gasteiger partial charge in [0.15, 0.2) is 16.6 Å². The van der Waals surface area contributed by atoms with Gasteiger partial charge in [0.1, 0.15) is 0 Å². The average molecular weight is 399 g/mol. The Kier molecular flexibility index (Phi) is 7.08. The summed E-state index contributed by atoms with van der Waals surface area (Å²) in [5.74, 6) is 1.89. The molecule has 6 nitrogen and oxygen atoms in total. The molecule has 1 aliphatic rings. The van der Waals surface area contributed by atoms with Gasteiger partial charge in [0.2, 0.25) is 0 Å². The molecule has 148 valence electrons. The normalized spacial score (nSPS) is 15.6. The molecule has 0 amide bonds. The SMILES string of the molecule is COc1ccc(NC(=S)NCC2=CC(CCn3ccnc3)CC=C2)cc1OC. The Balaban J connectivity index is 1.48. The summed E-state index contributed by atoms with van der Waals surface area (Å²) in [6, 6.07) is 5.61. The van der Waals surface area contributed by atoms with E-state index in [1.165, 1.54) is 5.57 Å². The predicted molar refractivity (Wildman–Crippen MR) is 116 cm³/mol. The summed E-state index contributed by atoms with van der Waals surface area (Å²) in [7, 11) is 3.23. The van der Waals surface area contributed by atoms with Crippen LogP contribution in [-0.4, -0.2) is 35.4 Å². The first-order valence-corrected chi connectivity index (χ1v) is 9.68. The summed E-state index contributed by atoms with van der Waals surface area (Å²) < 4.78 is 12.7. The van der Waals surface area contributed by atoms with E-state index in [0.29, 0.717) is 29.1 Å². The van der Waals surface area contributed by atoms with Gasteiger partial charge in [0.05, 0.1) is 20.5 Å². The van der Waals surface area contributed by atoms with Crippen LogP contribution in [0.3, 0.4) is 0 Å². The number of anilines is 1. The zero-order valence-electron chi connectivity index (χ0n) is 16.2. The van der Waals surface area contributed by atoms with E-state index in [0.717, 1.165) is 25.1 Å². The van der Waals surface area contributed by atoms with Crippen LogP contribution in [0.25, 0.3) is 0 Å². The Morgan fingerprint density at radius 3 is 2.89 bits per heavy atom. The van der Waals surface area contributed by atoms with Crippen molar-refractivity contribution in [2.24, 2.45) is 5.92 Å². The zero-order chi connectivity index (χ0) is 19.8. The first-order valence-electron chi connectivity index (χ1n) is 9.28. The molecule has 0 radical (unpaired) electrons. The molecule has 0 bridgehead atoms. The van der Waals surface area contributed by atoms with Crippen LogP contribution in [-0.2, 0) is 6.54 Å². The number of ether oxygens (including phenoxy) is 2. The highest BCUT2D eigenvalue weighted by atomic mass is 32.1. The van der Waals surface area contributed by atoms with Gasteiger partial charge < -0.3 is 24.7 Å². The van der Waals surface area contributed by atoms with E-state index in [2.05, 4.69) is 38.4 Å². The van der Waals surface area contributed by atoms with Crippen LogP contribution in [0.1, 0.15) is 12.8 Å². The first-order chi connectivity index (χ1) is 13.7. The fourth-order valence-corrected chi connectivity index (χ4v) is 3.34. The molecule has 2 aromatic rings. The highest BCUT2D eigenvalue weighted by molar-refractivity contribution is 7.80. The third kappa shape index (κ3) is 5.60. The molecule has 0 saturated heterocycles. The molecule has 0 aliphatic heterocycles. The van der Waals surface area contributed by atoms with Gasteiger partial charge in [0.25, 0.3) is 0 Å². The molecule has 1 aromatic heterocycles. The minimum atomic E-state index is 0.538. The Labute approximate surface area is 171 Å². The zero-order valence-corrected chi connectivity index (χ0v) is 17.0. The topological polar surface area (TPSA) is 60.3 Å². The molecular formula is C21H26N4O2S. The third-order valence-corrected chi connectivity index (χ3v) is 4.88. The fraction of sp³-hybridized carbons (Fsp3) is 0.333. The number of rotatable bonds is 8. The lowest BCUT2D eigenvalue weighted by molar-refractivity contribution is 0.355. The van der Waals surface area contributed by atoms with Crippen molar-refractivity contribution in [3.8, 4) is 11.5 Å². The van der Waals surface area contributed by atoms with Crippen molar-refractivity contribution in [3.63, 3.8) is 0 Å². The van der Waals surface area contributed by atoms with Gasteiger partial charge in [-0.25, -0.2) is 4.98 Å². The maximum Gasteiger partial charge on any atom is 0.171 e. The lowest BCUT2D eigenvalue weighted by Gasteiger charge is -2.18. The molecule has 1 aromatic carbocycles. The van der Waals surface area contributed by atoms with Crippen molar-refractivity contribution in [2.45, 2.75) is 19.4 Å². The fourth-order valence-electron chi connectivity index (χ4n) is 3.15. The average Bonchev–Trinajstić information content (AvgIpc) is 3.24. The Bertz CT molecular complexity index is 846. The van der Waals surface area contributed by atoms with Crippen LogP contribution < -0.4 is 20.1 Å². The summed E-state index contributed by atoms with van der Waals surface area (Å²) in [4.78, 5) is 4.09. The van der Waals surface area contributed by atoms with E-state index in [-0.39, 0.29) is 0 Å². The number of benzene rings is 1. The minimum absolute atomic E-state index is 0.538. The van der Waals surface area contributed by atoms with Crippen LogP contribution in [0.2, 0.25) is 0 Å². The van der Waals surface area contributed by atoms with Gasteiger partial charge in [0, 0.05) is 37.2 Å². The van der Waals surface area contributed by atoms with Crippen LogP contribution in [0.4, 0.5) is 5.69 Å². The molecule has 0 fully saturated rings. The quantitative estimate of drug-likeness (QED) is 0.660. The summed E-state index contributed by atoms with van der Waals surface area (Å²) in [5, 5.41) is 7.03. The van der Waals surface area contributed by atoms with E-state index in [4.69, 9.17) is 21.7 Å². The molecule has 3 rings (SSSR count). The number of methoxy groups -OCH3 is 2. The lowest BCUT2D eigenvalue weighted by atomic mass is 9.93. The second kappa shape index (κ2) is 9.94. The molecule has 1 atom stereocenters. The van der Waals surface area contributed by atoms with Crippen LogP contribution in [0.5, 0.6) is 11.5 Å². The number of aryl methyl sites for hydroxylation is 1. The summed E-state index contributed by atoms with van der Waals surface area (Å²) in [6.07, 6.45) is 14.6. The number of hydrogen-bond acceptors (Lipinski definition) is 4.